The third-order valence-corrected chi connectivity index (χ3v) is 3.89. The number of nitrogens with two attached hydrogens (primary N) is 1. The largest absolute Gasteiger partial charge is 0.363 e. The molecular formula is C12H18N6S. The molecule has 0 bridgehead atoms. The second kappa shape index (κ2) is 5.94. The lowest BCUT2D eigenvalue weighted by atomic mass is 10.3. The second-order valence-electron chi connectivity index (χ2n) is 4.16. The van der Waals surface area contributed by atoms with E-state index < -0.39 is 0 Å². The SMILES string of the molecule is CCc1cnc(CNc2nc(C)nc(NN)c2C)s1. The minimum Gasteiger partial charge on any atom is -0.363 e. The van der Waals surface area contributed by atoms with Gasteiger partial charge in [-0.2, -0.15) is 0 Å². The van der Waals surface area contributed by atoms with Crippen LogP contribution in [0, 0.1) is 13.8 Å². The summed E-state index contributed by atoms with van der Waals surface area (Å²) in [6.07, 6.45) is 2.94. The molecule has 2 heterocycles. The number of hydrazine groups is 1. The van der Waals surface area contributed by atoms with Crippen LogP contribution in [-0.2, 0) is 13.0 Å². The first-order chi connectivity index (χ1) is 9.13. The van der Waals surface area contributed by atoms with Gasteiger partial charge in [-0.25, -0.2) is 20.8 Å². The van der Waals surface area contributed by atoms with Gasteiger partial charge in [0.05, 0.1) is 6.54 Å². The van der Waals surface area contributed by atoms with Crippen LogP contribution in [0.2, 0.25) is 0 Å². The number of nitrogens with zero attached hydrogens (tertiary/aromatic N) is 3. The molecule has 7 heteroatoms. The number of anilines is 2. The molecule has 0 aliphatic carbocycles. The molecule has 0 aliphatic heterocycles. The van der Waals surface area contributed by atoms with Crippen LogP contribution in [0.25, 0.3) is 0 Å². The van der Waals surface area contributed by atoms with Crippen LogP contribution in [0.3, 0.4) is 0 Å². The van der Waals surface area contributed by atoms with Crippen LogP contribution in [0.4, 0.5) is 11.6 Å². The number of rotatable bonds is 5. The van der Waals surface area contributed by atoms with Crippen LogP contribution < -0.4 is 16.6 Å². The van der Waals surface area contributed by atoms with E-state index in [0.29, 0.717) is 18.2 Å². The van der Waals surface area contributed by atoms with Crippen LogP contribution in [0.15, 0.2) is 6.20 Å². The van der Waals surface area contributed by atoms with Crippen LogP contribution in [-0.4, -0.2) is 15.0 Å². The van der Waals surface area contributed by atoms with Crippen molar-refractivity contribution in [2.24, 2.45) is 5.84 Å². The average molecular weight is 278 g/mol. The maximum Gasteiger partial charge on any atom is 0.148 e. The van der Waals surface area contributed by atoms with Gasteiger partial charge < -0.3 is 10.7 Å². The minimum atomic E-state index is 0.642. The molecule has 0 amide bonds. The van der Waals surface area contributed by atoms with E-state index in [-0.39, 0.29) is 0 Å². The highest BCUT2D eigenvalue weighted by Gasteiger charge is 2.09. The van der Waals surface area contributed by atoms with Gasteiger partial charge in [-0.05, 0) is 20.3 Å². The Morgan fingerprint density at radius 2 is 2.00 bits per heavy atom. The van der Waals surface area contributed by atoms with Crippen molar-refractivity contribution in [2.45, 2.75) is 33.7 Å². The summed E-state index contributed by atoms with van der Waals surface area (Å²) in [5.41, 5.74) is 3.49. The molecule has 0 spiro atoms. The minimum absolute atomic E-state index is 0.642. The smallest absolute Gasteiger partial charge is 0.148 e. The van der Waals surface area contributed by atoms with Gasteiger partial charge in [0.25, 0.3) is 0 Å². The van der Waals surface area contributed by atoms with Crippen molar-refractivity contribution in [1.82, 2.24) is 15.0 Å². The van der Waals surface area contributed by atoms with Gasteiger partial charge in [-0.1, -0.05) is 6.92 Å². The lowest BCUT2D eigenvalue weighted by molar-refractivity contribution is 0.992. The molecule has 2 aromatic rings. The summed E-state index contributed by atoms with van der Waals surface area (Å²) in [5, 5.41) is 4.33. The number of nitrogen functional groups attached to an aromatic ring is 1. The summed E-state index contributed by atoms with van der Waals surface area (Å²) >= 11 is 1.71. The lowest BCUT2D eigenvalue weighted by Crippen LogP contribution is -2.14. The van der Waals surface area contributed by atoms with Crippen molar-refractivity contribution in [1.29, 1.82) is 0 Å². The van der Waals surface area contributed by atoms with Gasteiger partial charge in [0, 0.05) is 16.6 Å². The van der Waals surface area contributed by atoms with Gasteiger partial charge in [0.15, 0.2) is 0 Å². The molecule has 4 N–H and O–H groups in total. The summed E-state index contributed by atoms with van der Waals surface area (Å²) in [5.74, 6) is 7.54. The molecule has 102 valence electrons. The molecule has 0 saturated heterocycles. The molecule has 6 nitrogen and oxygen atoms in total. The van der Waals surface area contributed by atoms with Gasteiger partial charge in [0.1, 0.15) is 22.5 Å². The topological polar surface area (TPSA) is 88.8 Å². The van der Waals surface area contributed by atoms with Crippen molar-refractivity contribution in [3.8, 4) is 0 Å². The van der Waals surface area contributed by atoms with Crippen molar-refractivity contribution in [3.63, 3.8) is 0 Å². The standard InChI is InChI=1S/C12H18N6S/c1-4-9-5-14-10(19-9)6-15-11-7(2)12(18-13)17-8(3)16-11/h5H,4,6,13H2,1-3H3,(H2,15,16,17,18). The molecule has 2 rings (SSSR count). The van der Waals surface area contributed by atoms with E-state index in [4.69, 9.17) is 5.84 Å². The van der Waals surface area contributed by atoms with E-state index in [2.05, 4.69) is 32.6 Å². The fraction of sp³-hybridized carbons (Fsp3) is 0.417. The number of aromatic nitrogens is 3. The molecule has 2 aromatic heterocycles. The van der Waals surface area contributed by atoms with E-state index in [1.54, 1.807) is 11.3 Å². The molecule has 19 heavy (non-hydrogen) atoms. The summed E-state index contributed by atoms with van der Waals surface area (Å²) in [4.78, 5) is 14.3. The fourth-order valence-corrected chi connectivity index (χ4v) is 2.50. The van der Waals surface area contributed by atoms with Crippen LogP contribution in [0.1, 0.15) is 28.2 Å². The van der Waals surface area contributed by atoms with Gasteiger partial charge in [0.2, 0.25) is 0 Å². The zero-order valence-electron chi connectivity index (χ0n) is 11.3. The third kappa shape index (κ3) is 3.18. The number of hydrogen-bond acceptors (Lipinski definition) is 7. The molecule has 0 aromatic carbocycles. The first kappa shape index (κ1) is 13.7. The van der Waals surface area contributed by atoms with E-state index >= 15 is 0 Å². The van der Waals surface area contributed by atoms with Crippen LogP contribution in [0.5, 0.6) is 0 Å². The highest BCUT2D eigenvalue weighted by atomic mass is 32.1. The Morgan fingerprint density at radius 1 is 1.26 bits per heavy atom. The third-order valence-electron chi connectivity index (χ3n) is 2.75. The summed E-state index contributed by atoms with van der Waals surface area (Å²) in [7, 11) is 0. The Hall–Kier alpha value is -1.73. The number of thiazole rings is 1. The maximum absolute atomic E-state index is 5.44. The van der Waals surface area contributed by atoms with E-state index in [1.807, 2.05) is 20.0 Å². The van der Waals surface area contributed by atoms with Gasteiger partial charge in [-0.3, -0.25) is 0 Å². The molecular weight excluding hydrogens is 260 g/mol. The van der Waals surface area contributed by atoms with E-state index in [1.165, 1.54) is 4.88 Å². The zero-order valence-corrected chi connectivity index (χ0v) is 12.1. The van der Waals surface area contributed by atoms with Crippen molar-refractivity contribution >= 4 is 23.0 Å². The normalized spacial score (nSPS) is 10.5. The number of aryl methyl sites for hydroxylation is 2. The highest BCUT2D eigenvalue weighted by Crippen LogP contribution is 2.20. The van der Waals surface area contributed by atoms with E-state index in [0.717, 1.165) is 22.8 Å². The number of hydrogen-bond donors (Lipinski definition) is 3. The molecule has 0 radical (unpaired) electrons. The first-order valence-corrected chi connectivity index (χ1v) is 6.95. The summed E-state index contributed by atoms with van der Waals surface area (Å²) in [6, 6.07) is 0. The average Bonchev–Trinajstić information content (AvgIpc) is 2.87. The van der Waals surface area contributed by atoms with Gasteiger partial charge >= 0.3 is 0 Å². The van der Waals surface area contributed by atoms with Crippen LogP contribution >= 0.6 is 11.3 Å². The Labute approximate surface area is 116 Å². The van der Waals surface area contributed by atoms with E-state index in [9.17, 15) is 0 Å². The summed E-state index contributed by atoms with van der Waals surface area (Å²) in [6.45, 7) is 6.55. The highest BCUT2D eigenvalue weighted by molar-refractivity contribution is 7.11. The predicted octanol–water partition coefficient (Wildman–Crippen LogP) is 2.01. The van der Waals surface area contributed by atoms with Gasteiger partial charge in [-0.15, -0.1) is 11.3 Å². The molecule has 0 atom stereocenters. The fourth-order valence-electron chi connectivity index (χ4n) is 1.69. The Kier molecular flexibility index (Phi) is 4.28. The molecule has 0 fully saturated rings. The zero-order chi connectivity index (χ0) is 13.8. The first-order valence-electron chi connectivity index (χ1n) is 6.13. The van der Waals surface area contributed by atoms with Crippen molar-refractivity contribution in [3.05, 3.63) is 27.5 Å². The maximum atomic E-state index is 5.44. The Bertz CT molecular complexity index is 565. The molecule has 0 aliphatic rings. The molecule has 0 saturated carbocycles. The predicted molar refractivity (Wildman–Crippen MR) is 78.1 cm³/mol. The molecule has 0 unspecified atom stereocenters. The van der Waals surface area contributed by atoms with Crippen molar-refractivity contribution < 1.29 is 0 Å². The number of nitrogens with one attached hydrogen (secondary N) is 2. The second-order valence-corrected chi connectivity index (χ2v) is 5.36. The van der Waals surface area contributed by atoms with Crippen molar-refractivity contribution in [2.75, 3.05) is 10.7 Å². The monoisotopic (exact) mass is 278 g/mol. The Morgan fingerprint density at radius 3 is 2.63 bits per heavy atom. The summed E-state index contributed by atoms with van der Waals surface area (Å²) < 4.78 is 0. The Balaban J connectivity index is 2.12. The lowest BCUT2D eigenvalue weighted by Gasteiger charge is -2.11. The quantitative estimate of drug-likeness (QED) is 0.572.